The molecule has 0 atom stereocenters. The zero-order valence-corrected chi connectivity index (χ0v) is 25.2. The smallest absolute Gasteiger partial charge is 0.156 e. The lowest BCUT2D eigenvalue weighted by Gasteiger charge is -2.36. The highest BCUT2D eigenvalue weighted by Crippen LogP contribution is 2.39. The third-order valence-electron chi connectivity index (χ3n) is 9.81. The lowest BCUT2D eigenvalue weighted by molar-refractivity contribution is 0.426. The Labute approximate surface area is 224 Å². The van der Waals surface area contributed by atoms with E-state index in [1.54, 1.807) is 0 Å². The van der Waals surface area contributed by atoms with Crippen LogP contribution in [0.3, 0.4) is 0 Å². The summed E-state index contributed by atoms with van der Waals surface area (Å²) in [5.74, 6) is 0. The predicted molar refractivity (Wildman–Crippen MR) is 147 cm³/mol. The Balaban J connectivity index is 1.30. The van der Waals surface area contributed by atoms with Crippen molar-refractivity contribution in [1.82, 2.24) is 0 Å². The van der Waals surface area contributed by atoms with Gasteiger partial charge in [0.05, 0.1) is 36.7 Å². The van der Waals surface area contributed by atoms with Crippen LogP contribution in [0.25, 0.3) is 0 Å². The van der Waals surface area contributed by atoms with E-state index in [2.05, 4.69) is 0 Å². The minimum Gasteiger partial charge on any atom is -0.229 e. The van der Waals surface area contributed by atoms with Crippen molar-refractivity contribution < 1.29 is 33.7 Å². The van der Waals surface area contributed by atoms with Gasteiger partial charge in [0.25, 0.3) is 0 Å². The highest BCUT2D eigenvalue weighted by Gasteiger charge is 2.45. The van der Waals surface area contributed by atoms with Crippen LogP contribution in [0.1, 0.15) is 109 Å². The third kappa shape index (κ3) is 6.42. The van der Waals surface area contributed by atoms with Crippen LogP contribution >= 0.6 is 0 Å². The van der Waals surface area contributed by atoms with Gasteiger partial charge in [-0.1, -0.05) is 19.3 Å². The third-order valence-corrected chi connectivity index (χ3v) is 19.9. The van der Waals surface area contributed by atoms with Crippen LogP contribution in [0.15, 0.2) is 0 Å². The van der Waals surface area contributed by atoms with Gasteiger partial charge < -0.3 is 0 Å². The molecule has 4 saturated carbocycles. The van der Waals surface area contributed by atoms with Crippen LogP contribution in [0.4, 0.5) is 0 Å². The molecule has 4 aliphatic carbocycles. The normalized spacial score (nSPS) is 35.7. The van der Waals surface area contributed by atoms with Gasteiger partial charge in [0, 0.05) is 6.26 Å². The Morgan fingerprint density at radius 2 is 0.541 bits per heavy atom. The largest absolute Gasteiger partial charge is 0.229 e. The van der Waals surface area contributed by atoms with Crippen LogP contribution in [-0.4, -0.2) is 76.7 Å². The van der Waals surface area contributed by atoms with E-state index in [1.807, 2.05) is 0 Å². The first-order valence-corrected chi connectivity index (χ1v) is 20.9. The minimum absolute atomic E-state index is 0.266. The summed E-state index contributed by atoms with van der Waals surface area (Å²) in [5.41, 5.74) is 0. The van der Waals surface area contributed by atoms with E-state index in [-0.39, 0.29) is 5.25 Å². The first kappa shape index (κ1) is 29.8. The number of hydrogen-bond donors (Lipinski definition) is 0. The summed E-state index contributed by atoms with van der Waals surface area (Å²) in [6.45, 7) is 0. The molecule has 8 nitrogen and oxygen atoms in total. The lowest BCUT2D eigenvalue weighted by Crippen LogP contribution is -2.44. The second-order valence-corrected chi connectivity index (χ2v) is 21.9. The summed E-state index contributed by atoms with van der Waals surface area (Å²) < 4.78 is 103. The van der Waals surface area contributed by atoms with Crippen molar-refractivity contribution in [1.29, 1.82) is 0 Å². The van der Waals surface area contributed by atoms with Crippen molar-refractivity contribution in [3.63, 3.8) is 0 Å². The summed E-state index contributed by atoms with van der Waals surface area (Å²) in [7, 11) is -13.3. The minimum atomic E-state index is -3.45. The van der Waals surface area contributed by atoms with Gasteiger partial charge in [-0.15, -0.1) is 0 Å². The topological polar surface area (TPSA) is 137 Å². The molecule has 4 fully saturated rings. The maximum atomic E-state index is 13.4. The molecule has 4 aliphatic rings. The van der Waals surface area contributed by atoms with Gasteiger partial charge >= 0.3 is 0 Å². The Kier molecular flexibility index (Phi) is 9.14. The highest BCUT2D eigenvalue weighted by molar-refractivity contribution is 7.93. The lowest BCUT2D eigenvalue weighted by atomic mass is 9.98. The Bertz CT molecular complexity index is 1210. The Hall–Kier alpha value is -0.200. The van der Waals surface area contributed by atoms with E-state index >= 15 is 0 Å². The highest BCUT2D eigenvalue weighted by atomic mass is 32.2. The van der Waals surface area contributed by atoms with Crippen LogP contribution in [0.2, 0.25) is 0 Å². The number of hydrogen-bond acceptors (Lipinski definition) is 8. The van der Waals surface area contributed by atoms with E-state index in [4.69, 9.17) is 0 Å². The fraction of sp³-hybridized carbons (Fsp3) is 1.00. The molecule has 0 N–H and O–H groups in total. The van der Waals surface area contributed by atoms with Gasteiger partial charge in [-0.2, -0.15) is 0 Å². The summed E-state index contributed by atoms with van der Waals surface area (Å²) in [6, 6.07) is 0. The van der Waals surface area contributed by atoms with Gasteiger partial charge in [-0.3, -0.25) is 0 Å². The Morgan fingerprint density at radius 3 is 0.784 bits per heavy atom. The predicted octanol–water partition coefficient (Wildman–Crippen LogP) is 3.54. The zero-order valence-electron chi connectivity index (χ0n) is 22.0. The van der Waals surface area contributed by atoms with E-state index in [0.717, 1.165) is 32.1 Å². The molecule has 37 heavy (non-hydrogen) atoms. The molecular formula is C25H44O8S4. The van der Waals surface area contributed by atoms with Crippen LogP contribution in [-0.2, 0) is 39.3 Å². The van der Waals surface area contributed by atoms with Crippen molar-refractivity contribution in [2.75, 3.05) is 6.26 Å². The van der Waals surface area contributed by atoms with E-state index in [1.165, 1.54) is 6.26 Å². The first-order chi connectivity index (χ1) is 17.2. The second-order valence-electron chi connectivity index (χ2n) is 12.1. The summed E-state index contributed by atoms with van der Waals surface area (Å²) in [4.78, 5) is 0. The monoisotopic (exact) mass is 600 g/mol. The number of rotatable bonds is 7. The fourth-order valence-corrected chi connectivity index (χ4v) is 15.8. The maximum absolute atomic E-state index is 13.4. The van der Waals surface area contributed by atoms with Gasteiger partial charge in [-0.25, -0.2) is 33.7 Å². The molecule has 216 valence electrons. The molecule has 12 heteroatoms. The van der Waals surface area contributed by atoms with Crippen LogP contribution in [0, 0.1) is 0 Å². The summed E-state index contributed by atoms with van der Waals surface area (Å²) in [6.07, 6.45) is 9.95. The van der Waals surface area contributed by atoms with Crippen molar-refractivity contribution in [3.8, 4) is 0 Å². The van der Waals surface area contributed by atoms with Crippen molar-refractivity contribution >= 4 is 39.3 Å². The quantitative estimate of drug-likeness (QED) is 0.433. The molecular weight excluding hydrogens is 557 g/mol. The second kappa shape index (κ2) is 11.4. The molecule has 0 bridgehead atoms. The van der Waals surface area contributed by atoms with Gasteiger partial charge in [0.1, 0.15) is 9.84 Å². The van der Waals surface area contributed by atoms with E-state index < -0.39 is 70.8 Å². The molecule has 0 unspecified atom stereocenters. The van der Waals surface area contributed by atoms with Crippen LogP contribution < -0.4 is 0 Å². The van der Waals surface area contributed by atoms with Gasteiger partial charge in [0.2, 0.25) is 0 Å². The molecule has 4 rings (SSSR count). The molecule has 0 heterocycles. The molecule has 0 amide bonds. The summed E-state index contributed by atoms with van der Waals surface area (Å²) in [5, 5.41) is -3.35. The Morgan fingerprint density at radius 1 is 0.324 bits per heavy atom. The molecule has 0 saturated heterocycles. The molecule has 0 aliphatic heterocycles. The van der Waals surface area contributed by atoms with E-state index in [0.29, 0.717) is 77.0 Å². The number of sulfone groups is 4. The fourth-order valence-electron chi connectivity index (χ4n) is 7.38. The average molecular weight is 601 g/mol. The van der Waals surface area contributed by atoms with E-state index in [9.17, 15) is 33.7 Å². The van der Waals surface area contributed by atoms with Crippen LogP contribution in [0.5, 0.6) is 0 Å². The van der Waals surface area contributed by atoms with Gasteiger partial charge in [0.15, 0.2) is 29.5 Å². The first-order valence-electron chi connectivity index (χ1n) is 14.1. The molecule has 0 spiro atoms. The molecule has 0 aromatic rings. The molecule has 0 radical (unpaired) electrons. The van der Waals surface area contributed by atoms with Crippen molar-refractivity contribution in [2.45, 2.75) is 146 Å². The average Bonchev–Trinajstić information content (AvgIpc) is 2.89. The molecule has 0 aromatic carbocycles. The van der Waals surface area contributed by atoms with Crippen molar-refractivity contribution in [2.24, 2.45) is 0 Å². The standard InChI is InChI=1S/C25H44O8S4/c1-34(26,27)19-7-9-21(10-8-19)36(30,31)23-15-17-25(18-16-23)37(32,33)24-13-11-22(12-14-24)35(28,29)20-5-3-2-4-6-20/h19-25H,2-18H2,1H3. The zero-order chi connectivity index (χ0) is 27.1. The SMILES string of the molecule is CS(=O)(=O)C1CCC(S(=O)(=O)C2CCC(S(=O)(=O)C3CCC(S(=O)(=O)C4CCCCC4)CC3)CC2)CC1. The summed E-state index contributed by atoms with van der Waals surface area (Å²) >= 11 is 0. The maximum Gasteiger partial charge on any atom is 0.156 e. The molecule has 0 aromatic heterocycles. The van der Waals surface area contributed by atoms with Gasteiger partial charge in [-0.05, 0) is 89.9 Å². The van der Waals surface area contributed by atoms with Crippen molar-refractivity contribution in [3.05, 3.63) is 0 Å².